The molecule has 1 nitrogen and oxygen atoms in total. The van der Waals surface area contributed by atoms with Gasteiger partial charge in [0.1, 0.15) is 0 Å². The summed E-state index contributed by atoms with van der Waals surface area (Å²) in [4.78, 5) is 0. The molecule has 0 N–H and O–H groups in total. The molecule has 1 unspecified atom stereocenters. The highest BCUT2D eigenvalue weighted by Gasteiger charge is 2.21. The van der Waals surface area contributed by atoms with Gasteiger partial charge in [0.2, 0.25) is 0 Å². The normalized spacial score (nSPS) is 17.7. The zero-order chi connectivity index (χ0) is 12.2. The molecule has 1 aliphatic heterocycles. The second kappa shape index (κ2) is 5.36. The molecule has 1 saturated heterocycles. The van der Waals surface area contributed by atoms with E-state index in [1.54, 1.807) is 0 Å². The van der Waals surface area contributed by atoms with Gasteiger partial charge in [0.05, 0.1) is 12.7 Å². The fraction of sp³-hybridized carbons (Fsp3) is 0.294. The van der Waals surface area contributed by atoms with E-state index in [1.807, 2.05) is 0 Å². The van der Waals surface area contributed by atoms with Crippen molar-refractivity contribution in [1.29, 1.82) is 0 Å². The summed E-state index contributed by atoms with van der Waals surface area (Å²) in [6, 6.07) is 19.4. The number of ether oxygens (including phenoxy) is 1. The van der Waals surface area contributed by atoms with Crippen LogP contribution in [0, 0.1) is 0 Å². The van der Waals surface area contributed by atoms with Gasteiger partial charge >= 0.3 is 0 Å². The summed E-state index contributed by atoms with van der Waals surface area (Å²) in [5.41, 5.74) is 4.13. The number of hydrogen-bond acceptors (Lipinski definition) is 1. The standard InChI is InChI=1S/C17H18O/c1-2-7-14(8-3-1)17-12-5-4-9-15(17)10-6-11-16-13-18-16/h1-5,7-9,12,16H,6,10-11,13H2. The summed E-state index contributed by atoms with van der Waals surface area (Å²) in [5, 5.41) is 0. The minimum absolute atomic E-state index is 0.550. The molecule has 0 aliphatic carbocycles. The van der Waals surface area contributed by atoms with Crippen LogP contribution in [0.25, 0.3) is 11.1 Å². The van der Waals surface area contributed by atoms with Gasteiger partial charge in [-0.25, -0.2) is 0 Å². The number of hydrogen-bond donors (Lipinski definition) is 0. The average molecular weight is 238 g/mol. The topological polar surface area (TPSA) is 12.5 Å². The Bertz CT molecular complexity index is 500. The molecule has 3 rings (SSSR count). The second-order valence-electron chi connectivity index (χ2n) is 4.87. The van der Waals surface area contributed by atoms with Crippen LogP contribution in [0.2, 0.25) is 0 Å². The van der Waals surface area contributed by atoms with E-state index < -0.39 is 0 Å². The van der Waals surface area contributed by atoms with Gasteiger partial charge in [-0.05, 0) is 36.0 Å². The molecule has 1 heterocycles. The lowest BCUT2D eigenvalue weighted by Gasteiger charge is -2.09. The highest BCUT2D eigenvalue weighted by Crippen LogP contribution is 2.25. The van der Waals surface area contributed by atoms with Crippen molar-refractivity contribution in [3.05, 3.63) is 60.2 Å². The van der Waals surface area contributed by atoms with E-state index in [0.717, 1.165) is 13.0 Å². The van der Waals surface area contributed by atoms with Crippen LogP contribution in [-0.4, -0.2) is 12.7 Å². The first-order chi connectivity index (χ1) is 8.93. The molecule has 2 aromatic carbocycles. The van der Waals surface area contributed by atoms with E-state index in [1.165, 1.54) is 29.5 Å². The molecule has 18 heavy (non-hydrogen) atoms. The predicted octanol–water partition coefficient (Wildman–Crippen LogP) is 4.08. The van der Waals surface area contributed by atoms with Crippen LogP contribution in [0.5, 0.6) is 0 Å². The molecule has 1 atom stereocenters. The number of epoxide rings is 1. The van der Waals surface area contributed by atoms with Crippen molar-refractivity contribution in [3.63, 3.8) is 0 Å². The minimum Gasteiger partial charge on any atom is -0.373 e. The number of aryl methyl sites for hydroxylation is 1. The molecule has 92 valence electrons. The van der Waals surface area contributed by atoms with Crippen molar-refractivity contribution in [3.8, 4) is 11.1 Å². The van der Waals surface area contributed by atoms with Gasteiger partial charge in [0.25, 0.3) is 0 Å². The monoisotopic (exact) mass is 238 g/mol. The summed E-state index contributed by atoms with van der Waals surface area (Å²) < 4.78 is 5.26. The lowest BCUT2D eigenvalue weighted by Crippen LogP contribution is -1.93. The second-order valence-corrected chi connectivity index (χ2v) is 4.87. The third kappa shape index (κ3) is 2.80. The molecule has 1 aliphatic rings. The SMILES string of the molecule is c1ccc(-c2ccccc2CCCC2CO2)cc1. The first-order valence-electron chi connectivity index (χ1n) is 6.68. The minimum atomic E-state index is 0.550. The molecule has 1 heteroatoms. The molecule has 0 aromatic heterocycles. The molecule has 0 bridgehead atoms. The summed E-state index contributed by atoms with van der Waals surface area (Å²) in [7, 11) is 0. The predicted molar refractivity (Wildman–Crippen MR) is 74.6 cm³/mol. The first kappa shape index (κ1) is 11.5. The molecule has 2 aromatic rings. The fourth-order valence-electron chi connectivity index (χ4n) is 2.39. The summed E-state index contributed by atoms with van der Waals surface area (Å²) in [6.07, 6.45) is 4.11. The summed E-state index contributed by atoms with van der Waals surface area (Å²) in [5.74, 6) is 0. The largest absolute Gasteiger partial charge is 0.373 e. The fourth-order valence-corrected chi connectivity index (χ4v) is 2.39. The van der Waals surface area contributed by atoms with Crippen LogP contribution in [0.1, 0.15) is 18.4 Å². The van der Waals surface area contributed by atoms with Crippen LogP contribution in [0.4, 0.5) is 0 Å². The first-order valence-corrected chi connectivity index (χ1v) is 6.68. The number of rotatable bonds is 5. The van der Waals surface area contributed by atoms with Crippen molar-refractivity contribution in [2.45, 2.75) is 25.4 Å². The molecule has 0 saturated carbocycles. The zero-order valence-corrected chi connectivity index (χ0v) is 10.5. The maximum atomic E-state index is 5.26. The Balaban J connectivity index is 1.76. The van der Waals surface area contributed by atoms with Crippen molar-refractivity contribution in [2.75, 3.05) is 6.61 Å². The Morgan fingerprint density at radius 2 is 1.67 bits per heavy atom. The Kier molecular flexibility index (Phi) is 3.42. The summed E-state index contributed by atoms with van der Waals surface area (Å²) >= 11 is 0. The van der Waals surface area contributed by atoms with E-state index in [9.17, 15) is 0 Å². The third-order valence-corrected chi connectivity index (χ3v) is 3.48. The van der Waals surface area contributed by atoms with E-state index in [0.29, 0.717) is 6.10 Å². The van der Waals surface area contributed by atoms with Crippen molar-refractivity contribution in [2.24, 2.45) is 0 Å². The lowest BCUT2D eigenvalue weighted by atomic mass is 9.96. The van der Waals surface area contributed by atoms with Gasteiger partial charge in [-0.3, -0.25) is 0 Å². The van der Waals surface area contributed by atoms with E-state index in [4.69, 9.17) is 4.74 Å². The van der Waals surface area contributed by atoms with Gasteiger partial charge in [0, 0.05) is 0 Å². The van der Waals surface area contributed by atoms with Crippen LogP contribution >= 0.6 is 0 Å². The molecule has 0 amide bonds. The van der Waals surface area contributed by atoms with Gasteiger partial charge in [-0.1, -0.05) is 54.6 Å². The average Bonchev–Trinajstić information content (AvgIpc) is 3.25. The maximum Gasteiger partial charge on any atom is 0.0810 e. The Labute approximate surface area is 108 Å². The lowest BCUT2D eigenvalue weighted by molar-refractivity contribution is 0.392. The van der Waals surface area contributed by atoms with Crippen molar-refractivity contribution in [1.82, 2.24) is 0 Å². The van der Waals surface area contributed by atoms with Crippen LogP contribution < -0.4 is 0 Å². The Morgan fingerprint density at radius 1 is 0.944 bits per heavy atom. The van der Waals surface area contributed by atoms with Gasteiger partial charge in [0.15, 0.2) is 0 Å². The Hall–Kier alpha value is -1.60. The smallest absolute Gasteiger partial charge is 0.0810 e. The van der Waals surface area contributed by atoms with Crippen molar-refractivity contribution < 1.29 is 4.74 Å². The van der Waals surface area contributed by atoms with Crippen LogP contribution in [0.3, 0.4) is 0 Å². The molecular weight excluding hydrogens is 220 g/mol. The highest BCUT2D eigenvalue weighted by atomic mass is 16.6. The van der Waals surface area contributed by atoms with E-state index >= 15 is 0 Å². The van der Waals surface area contributed by atoms with Gasteiger partial charge in [-0.2, -0.15) is 0 Å². The zero-order valence-electron chi connectivity index (χ0n) is 10.5. The van der Waals surface area contributed by atoms with Crippen LogP contribution in [-0.2, 0) is 11.2 Å². The molecule has 0 spiro atoms. The highest BCUT2D eigenvalue weighted by molar-refractivity contribution is 5.67. The van der Waals surface area contributed by atoms with Crippen LogP contribution in [0.15, 0.2) is 54.6 Å². The third-order valence-electron chi connectivity index (χ3n) is 3.48. The van der Waals surface area contributed by atoms with Gasteiger partial charge in [-0.15, -0.1) is 0 Å². The molecular formula is C17H18O. The quantitative estimate of drug-likeness (QED) is 0.715. The maximum absolute atomic E-state index is 5.26. The van der Waals surface area contributed by atoms with Gasteiger partial charge < -0.3 is 4.74 Å². The number of benzene rings is 2. The van der Waals surface area contributed by atoms with E-state index in [-0.39, 0.29) is 0 Å². The molecule has 1 fully saturated rings. The molecule has 0 radical (unpaired) electrons. The van der Waals surface area contributed by atoms with Crippen molar-refractivity contribution >= 4 is 0 Å². The Morgan fingerprint density at radius 3 is 2.44 bits per heavy atom. The summed E-state index contributed by atoms with van der Waals surface area (Å²) in [6.45, 7) is 0.973. The van der Waals surface area contributed by atoms with E-state index in [2.05, 4.69) is 54.6 Å².